The smallest absolute Gasteiger partial charge is 0.259 e. The zero-order valence-corrected chi connectivity index (χ0v) is 17.0. The summed E-state index contributed by atoms with van der Waals surface area (Å²) < 4.78 is 6.13. The Morgan fingerprint density at radius 2 is 1.93 bits per heavy atom. The lowest BCUT2D eigenvalue weighted by Gasteiger charge is -2.12. The summed E-state index contributed by atoms with van der Waals surface area (Å²) in [5, 5.41) is 2.99. The van der Waals surface area contributed by atoms with Crippen molar-refractivity contribution in [1.82, 2.24) is 9.97 Å². The predicted molar refractivity (Wildman–Crippen MR) is 115 cm³/mol. The number of methoxy groups -OCH3 is 1. The van der Waals surface area contributed by atoms with Gasteiger partial charge >= 0.3 is 0 Å². The second kappa shape index (κ2) is 7.48. The molecule has 0 aliphatic carbocycles. The summed E-state index contributed by atoms with van der Waals surface area (Å²) in [7, 11) is 1.55. The van der Waals surface area contributed by atoms with E-state index in [2.05, 4.69) is 31.2 Å². The van der Waals surface area contributed by atoms with Crippen molar-refractivity contribution in [2.45, 2.75) is 6.92 Å². The van der Waals surface area contributed by atoms with Crippen LogP contribution in [-0.2, 0) is 0 Å². The van der Waals surface area contributed by atoms with Gasteiger partial charge in [0.05, 0.1) is 23.7 Å². The van der Waals surface area contributed by atoms with Crippen LogP contribution in [-0.4, -0.2) is 23.0 Å². The van der Waals surface area contributed by atoms with Gasteiger partial charge in [0.1, 0.15) is 11.6 Å². The number of carbonyl (C=O) groups excluding carboxylic acids is 1. The number of hydrogen-bond donors (Lipinski definition) is 2. The molecule has 4 aromatic rings. The average Bonchev–Trinajstić information content (AvgIpc) is 3.13. The molecular weight excluding hydrogens is 418 g/mol. The molecule has 0 aliphatic rings. The molecule has 0 bridgehead atoms. The van der Waals surface area contributed by atoms with Crippen molar-refractivity contribution < 1.29 is 9.53 Å². The number of amides is 1. The van der Waals surface area contributed by atoms with Gasteiger partial charge in [0.15, 0.2) is 0 Å². The number of para-hydroxylation sites is 2. The quantitative estimate of drug-likeness (QED) is 0.440. The van der Waals surface area contributed by atoms with E-state index in [1.54, 1.807) is 19.2 Å². The first-order valence-corrected chi connectivity index (χ1v) is 9.55. The molecule has 0 saturated heterocycles. The van der Waals surface area contributed by atoms with Gasteiger partial charge in [0.25, 0.3) is 5.91 Å². The van der Waals surface area contributed by atoms with Crippen LogP contribution in [0.25, 0.3) is 22.4 Å². The highest BCUT2D eigenvalue weighted by molar-refractivity contribution is 9.10. The Hall–Kier alpha value is -3.12. The average molecular weight is 436 g/mol. The highest BCUT2D eigenvalue weighted by Gasteiger charge is 2.15. The first-order chi connectivity index (χ1) is 13.5. The van der Waals surface area contributed by atoms with Crippen LogP contribution in [0.4, 0.5) is 5.69 Å². The molecule has 6 heteroatoms. The first kappa shape index (κ1) is 18.3. The molecule has 0 radical (unpaired) electrons. The Kier molecular flexibility index (Phi) is 4.88. The second-order valence-electron chi connectivity index (χ2n) is 6.43. The van der Waals surface area contributed by atoms with Crippen LogP contribution in [0.15, 0.2) is 65.1 Å². The van der Waals surface area contributed by atoms with E-state index in [1.807, 2.05) is 55.5 Å². The zero-order valence-electron chi connectivity index (χ0n) is 15.4. The molecule has 0 saturated carbocycles. The Labute approximate surface area is 170 Å². The predicted octanol–water partition coefficient (Wildman–Crippen LogP) is 5.56. The monoisotopic (exact) mass is 435 g/mol. The molecule has 3 aromatic carbocycles. The lowest BCUT2D eigenvalue weighted by molar-refractivity contribution is 0.102. The lowest BCUT2D eigenvalue weighted by Crippen LogP contribution is -2.14. The van der Waals surface area contributed by atoms with Gasteiger partial charge in [-0.2, -0.15) is 0 Å². The highest BCUT2D eigenvalue weighted by Crippen LogP contribution is 2.28. The molecule has 140 valence electrons. The fourth-order valence-corrected chi connectivity index (χ4v) is 3.40. The highest BCUT2D eigenvalue weighted by atomic mass is 79.9. The maximum atomic E-state index is 12.9. The summed E-state index contributed by atoms with van der Waals surface area (Å²) in [6, 6.07) is 19.1. The number of imidazole rings is 1. The van der Waals surface area contributed by atoms with Gasteiger partial charge in [0, 0.05) is 15.7 Å². The van der Waals surface area contributed by atoms with Crippen LogP contribution in [0.5, 0.6) is 5.75 Å². The number of nitrogens with zero attached hydrogens (tertiary/aromatic N) is 1. The number of halogens is 1. The van der Waals surface area contributed by atoms with Gasteiger partial charge < -0.3 is 15.0 Å². The minimum Gasteiger partial charge on any atom is -0.496 e. The third-order valence-corrected chi connectivity index (χ3v) is 5.05. The number of aromatic amines is 1. The first-order valence-electron chi connectivity index (χ1n) is 8.76. The summed E-state index contributed by atoms with van der Waals surface area (Å²) in [6.07, 6.45) is 0. The van der Waals surface area contributed by atoms with Crippen LogP contribution in [0, 0.1) is 6.92 Å². The molecule has 0 fully saturated rings. The van der Waals surface area contributed by atoms with E-state index < -0.39 is 0 Å². The van der Waals surface area contributed by atoms with Gasteiger partial charge in [-0.3, -0.25) is 4.79 Å². The van der Waals surface area contributed by atoms with Crippen LogP contribution < -0.4 is 10.1 Å². The summed E-state index contributed by atoms with van der Waals surface area (Å²) >= 11 is 3.40. The molecule has 1 amide bonds. The molecular formula is C22H18BrN3O2. The lowest BCUT2D eigenvalue weighted by atomic mass is 10.1. The van der Waals surface area contributed by atoms with E-state index >= 15 is 0 Å². The van der Waals surface area contributed by atoms with Crippen molar-refractivity contribution in [3.8, 4) is 17.1 Å². The summed E-state index contributed by atoms with van der Waals surface area (Å²) in [4.78, 5) is 20.8. The maximum Gasteiger partial charge on any atom is 0.259 e. The third-order valence-electron chi connectivity index (χ3n) is 4.55. The fraction of sp³-hybridized carbons (Fsp3) is 0.0909. The van der Waals surface area contributed by atoms with Crippen LogP contribution in [0.2, 0.25) is 0 Å². The molecule has 0 aliphatic heterocycles. The second-order valence-corrected chi connectivity index (χ2v) is 7.35. The van der Waals surface area contributed by atoms with Gasteiger partial charge in [-0.1, -0.05) is 40.2 Å². The van der Waals surface area contributed by atoms with Crippen molar-refractivity contribution in [3.05, 3.63) is 76.3 Å². The van der Waals surface area contributed by atoms with Crippen LogP contribution >= 0.6 is 15.9 Å². The van der Waals surface area contributed by atoms with E-state index in [9.17, 15) is 4.79 Å². The summed E-state index contributed by atoms with van der Waals surface area (Å²) in [5.41, 5.74) is 4.93. The van der Waals surface area contributed by atoms with Crippen LogP contribution in [0.3, 0.4) is 0 Å². The molecule has 2 N–H and O–H groups in total. The third kappa shape index (κ3) is 3.51. The number of benzene rings is 3. The number of nitrogens with one attached hydrogen (secondary N) is 2. The van der Waals surface area contributed by atoms with Crippen molar-refractivity contribution in [3.63, 3.8) is 0 Å². The molecule has 0 unspecified atom stereocenters. The maximum absolute atomic E-state index is 12.9. The molecule has 4 rings (SSSR count). The summed E-state index contributed by atoms with van der Waals surface area (Å²) in [5.74, 6) is 1.05. The van der Waals surface area contributed by atoms with E-state index in [-0.39, 0.29) is 5.91 Å². The Morgan fingerprint density at radius 3 is 2.71 bits per heavy atom. The van der Waals surface area contributed by atoms with Crippen molar-refractivity contribution in [2.75, 3.05) is 12.4 Å². The van der Waals surface area contributed by atoms with E-state index in [0.717, 1.165) is 38.1 Å². The minimum absolute atomic E-state index is 0.233. The Morgan fingerprint density at radius 1 is 1.11 bits per heavy atom. The summed E-state index contributed by atoms with van der Waals surface area (Å²) in [6.45, 7) is 1.95. The van der Waals surface area contributed by atoms with Crippen molar-refractivity contribution in [2.24, 2.45) is 0 Å². The van der Waals surface area contributed by atoms with E-state index in [4.69, 9.17) is 4.74 Å². The van der Waals surface area contributed by atoms with Gasteiger partial charge in [-0.05, 0) is 48.9 Å². The molecule has 0 atom stereocenters. The number of H-pyrrole nitrogens is 1. The molecule has 28 heavy (non-hydrogen) atoms. The van der Waals surface area contributed by atoms with E-state index in [1.165, 1.54) is 0 Å². The molecule has 5 nitrogen and oxygen atoms in total. The number of ether oxygens (including phenoxy) is 1. The fourth-order valence-electron chi connectivity index (χ4n) is 3.04. The van der Waals surface area contributed by atoms with Gasteiger partial charge in [-0.15, -0.1) is 0 Å². The number of fused-ring (bicyclic) bond motifs is 1. The van der Waals surface area contributed by atoms with Gasteiger partial charge in [-0.25, -0.2) is 4.98 Å². The van der Waals surface area contributed by atoms with Crippen molar-refractivity contribution in [1.29, 1.82) is 0 Å². The minimum atomic E-state index is -0.233. The van der Waals surface area contributed by atoms with Crippen molar-refractivity contribution >= 4 is 38.6 Å². The topological polar surface area (TPSA) is 67.0 Å². The number of anilines is 1. The number of rotatable bonds is 4. The standard InChI is InChI=1S/C22H18BrN3O2/c1-13-7-8-14(21-24-17-5-3-4-6-18(17)25-21)11-19(13)26-22(27)16-12-15(23)9-10-20(16)28-2/h3-12H,1-2H3,(H,24,25)(H,26,27). The Bertz CT molecular complexity index is 1150. The number of aryl methyl sites for hydroxylation is 1. The Balaban J connectivity index is 1.68. The number of carbonyl (C=O) groups is 1. The zero-order chi connectivity index (χ0) is 19.7. The molecule has 1 heterocycles. The van der Waals surface area contributed by atoms with Crippen LogP contribution in [0.1, 0.15) is 15.9 Å². The molecule has 0 spiro atoms. The SMILES string of the molecule is COc1ccc(Br)cc1C(=O)Nc1cc(-c2nc3ccccc3[nH]2)ccc1C. The van der Waals surface area contributed by atoms with Gasteiger partial charge in [0.2, 0.25) is 0 Å². The normalized spacial score (nSPS) is 10.8. The largest absolute Gasteiger partial charge is 0.496 e. The molecule has 1 aromatic heterocycles. The number of aromatic nitrogens is 2. The van der Waals surface area contributed by atoms with E-state index in [0.29, 0.717) is 11.3 Å². The number of hydrogen-bond acceptors (Lipinski definition) is 3.